The summed E-state index contributed by atoms with van der Waals surface area (Å²) in [5.41, 5.74) is 2.18. The molecular weight excluding hydrogens is 466 g/mol. The van der Waals surface area contributed by atoms with Crippen LogP contribution in [0, 0.1) is 23.2 Å². The second-order valence-electron chi connectivity index (χ2n) is 13.5. The summed E-state index contributed by atoms with van der Waals surface area (Å²) < 4.78 is 1.91. The van der Waals surface area contributed by atoms with E-state index in [1.54, 1.807) is 4.90 Å². The van der Waals surface area contributed by atoms with E-state index in [1.807, 2.05) is 49.6 Å². The van der Waals surface area contributed by atoms with Crippen molar-refractivity contribution in [2.75, 3.05) is 19.6 Å². The smallest absolute Gasteiger partial charge is 0.408 e. The average molecular weight is 508 g/mol. The SMILES string of the molecule is CC(C)(C)N(C(=O)O)[C@@H]1CCN(Cc2cn3c(C(=O)NCC45CC6CC(CC(C6)C4)C5)cccc3n2)C1. The maximum Gasteiger partial charge on any atom is 0.408 e. The number of carbonyl (C=O) groups excluding carboxylic acids is 1. The fraction of sp³-hybridized carbons (Fsp3) is 0.690. The Kier molecular flexibility index (Phi) is 6.01. The first-order chi connectivity index (χ1) is 17.6. The van der Waals surface area contributed by atoms with Crippen LogP contribution in [0.5, 0.6) is 0 Å². The van der Waals surface area contributed by atoms with Gasteiger partial charge in [0, 0.05) is 44.0 Å². The van der Waals surface area contributed by atoms with Crippen LogP contribution in [-0.2, 0) is 6.54 Å². The van der Waals surface area contributed by atoms with E-state index in [2.05, 4.69) is 10.2 Å². The molecule has 200 valence electrons. The third-order valence-electron chi connectivity index (χ3n) is 9.49. The summed E-state index contributed by atoms with van der Waals surface area (Å²) in [6.45, 7) is 8.79. The number of aromatic nitrogens is 2. The van der Waals surface area contributed by atoms with Crippen LogP contribution in [0.4, 0.5) is 4.79 Å². The molecule has 8 nitrogen and oxygen atoms in total. The van der Waals surface area contributed by atoms with Crippen molar-refractivity contribution < 1.29 is 14.7 Å². The molecule has 5 aliphatic rings. The van der Waals surface area contributed by atoms with Crippen molar-refractivity contribution in [2.45, 2.75) is 83.8 Å². The average Bonchev–Trinajstić information content (AvgIpc) is 3.41. The Labute approximate surface area is 219 Å². The predicted molar refractivity (Wildman–Crippen MR) is 141 cm³/mol. The van der Waals surface area contributed by atoms with Crippen LogP contribution >= 0.6 is 0 Å². The summed E-state index contributed by atoms with van der Waals surface area (Å²) in [6.07, 6.45) is 10.00. The molecule has 1 atom stereocenters. The zero-order valence-corrected chi connectivity index (χ0v) is 22.4. The lowest BCUT2D eigenvalue weighted by Gasteiger charge is -2.56. The molecule has 0 unspecified atom stereocenters. The number of carboxylic acid groups (broad SMARTS) is 1. The van der Waals surface area contributed by atoms with Gasteiger partial charge in [0.2, 0.25) is 0 Å². The van der Waals surface area contributed by atoms with E-state index < -0.39 is 11.6 Å². The van der Waals surface area contributed by atoms with Gasteiger partial charge in [0.15, 0.2) is 0 Å². The molecule has 4 saturated carbocycles. The van der Waals surface area contributed by atoms with Gasteiger partial charge in [-0.05, 0) is 101 Å². The van der Waals surface area contributed by atoms with Gasteiger partial charge >= 0.3 is 6.09 Å². The van der Waals surface area contributed by atoms with E-state index in [4.69, 9.17) is 4.98 Å². The van der Waals surface area contributed by atoms with Crippen LogP contribution in [0.3, 0.4) is 0 Å². The summed E-state index contributed by atoms with van der Waals surface area (Å²) in [5.74, 6) is 2.60. The van der Waals surface area contributed by atoms with E-state index in [0.717, 1.165) is 48.6 Å². The number of hydrogen-bond donors (Lipinski definition) is 2. The maximum absolute atomic E-state index is 13.4. The van der Waals surface area contributed by atoms with Crippen LogP contribution in [0.1, 0.15) is 81.9 Å². The first kappa shape index (κ1) is 24.7. The lowest BCUT2D eigenvalue weighted by molar-refractivity contribution is -0.0503. The minimum atomic E-state index is -0.865. The van der Waals surface area contributed by atoms with E-state index in [9.17, 15) is 14.7 Å². The number of imidazole rings is 1. The summed E-state index contributed by atoms with van der Waals surface area (Å²) in [6, 6.07) is 5.71. The van der Waals surface area contributed by atoms with Crippen LogP contribution < -0.4 is 5.32 Å². The number of carbonyl (C=O) groups is 2. The highest BCUT2D eigenvalue weighted by molar-refractivity contribution is 5.93. The molecule has 8 heteroatoms. The van der Waals surface area contributed by atoms with Crippen molar-refractivity contribution in [3.05, 3.63) is 35.8 Å². The molecule has 2 aromatic heterocycles. The van der Waals surface area contributed by atoms with Gasteiger partial charge in [-0.3, -0.25) is 19.0 Å². The zero-order valence-electron chi connectivity index (χ0n) is 22.4. The molecule has 2 N–H and O–H groups in total. The molecule has 4 bridgehead atoms. The van der Waals surface area contributed by atoms with Crippen LogP contribution in [-0.4, -0.2) is 67.5 Å². The molecule has 0 radical (unpaired) electrons. The first-order valence-corrected chi connectivity index (χ1v) is 14.1. The van der Waals surface area contributed by atoms with Crippen LogP contribution in [0.15, 0.2) is 24.4 Å². The molecule has 0 aromatic carbocycles. The Hall–Kier alpha value is -2.61. The molecule has 37 heavy (non-hydrogen) atoms. The van der Waals surface area contributed by atoms with Crippen LogP contribution in [0.2, 0.25) is 0 Å². The molecule has 2 amide bonds. The molecule has 7 rings (SSSR count). The zero-order chi connectivity index (χ0) is 25.9. The second kappa shape index (κ2) is 9.00. The van der Waals surface area contributed by atoms with Gasteiger partial charge in [0.05, 0.1) is 5.69 Å². The maximum atomic E-state index is 13.4. The van der Waals surface area contributed by atoms with Crippen molar-refractivity contribution in [2.24, 2.45) is 23.2 Å². The quantitative estimate of drug-likeness (QED) is 0.595. The fourth-order valence-electron chi connectivity index (χ4n) is 8.57. The topological polar surface area (TPSA) is 90.2 Å². The van der Waals surface area contributed by atoms with Gasteiger partial charge in [-0.15, -0.1) is 0 Å². The first-order valence-electron chi connectivity index (χ1n) is 14.1. The summed E-state index contributed by atoms with van der Waals surface area (Å²) in [7, 11) is 0. The Morgan fingerprint density at radius 2 is 1.81 bits per heavy atom. The number of likely N-dealkylation sites (tertiary alicyclic amines) is 1. The lowest BCUT2D eigenvalue weighted by atomic mass is 9.49. The van der Waals surface area contributed by atoms with Gasteiger partial charge in [0.25, 0.3) is 5.91 Å². The Balaban J connectivity index is 1.12. The van der Waals surface area contributed by atoms with Crippen molar-refractivity contribution in [1.82, 2.24) is 24.5 Å². The van der Waals surface area contributed by atoms with Gasteiger partial charge < -0.3 is 10.4 Å². The molecule has 2 aromatic rings. The Bertz CT molecular complexity index is 1160. The normalized spacial score (nSPS) is 31.2. The minimum absolute atomic E-state index is 0.0196. The molecule has 4 aliphatic carbocycles. The van der Waals surface area contributed by atoms with Crippen molar-refractivity contribution in [3.8, 4) is 0 Å². The summed E-state index contributed by atoms with van der Waals surface area (Å²) in [5, 5.41) is 13.1. The predicted octanol–water partition coefficient (Wildman–Crippen LogP) is 4.63. The van der Waals surface area contributed by atoms with E-state index >= 15 is 0 Å². The number of amides is 2. The number of rotatable bonds is 6. The van der Waals surface area contributed by atoms with Crippen molar-refractivity contribution in [1.29, 1.82) is 0 Å². The highest BCUT2D eigenvalue weighted by Crippen LogP contribution is 2.59. The lowest BCUT2D eigenvalue weighted by Crippen LogP contribution is -2.52. The highest BCUT2D eigenvalue weighted by Gasteiger charge is 2.50. The molecular formula is C29H41N5O3. The molecule has 0 spiro atoms. The third-order valence-corrected chi connectivity index (χ3v) is 9.49. The summed E-state index contributed by atoms with van der Waals surface area (Å²) in [4.78, 5) is 33.9. The Morgan fingerprint density at radius 3 is 2.43 bits per heavy atom. The van der Waals surface area contributed by atoms with Gasteiger partial charge in [-0.2, -0.15) is 0 Å². The number of pyridine rings is 1. The molecule has 5 fully saturated rings. The molecule has 3 heterocycles. The highest BCUT2D eigenvalue weighted by atomic mass is 16.4. The van der Waals surface area contributed by atoms with E-state index in [-0.39, 0.29) is 11.9 Å². The largest absolute Gasteiger partial charge is 0.465 e. The molecule has 1 aliphatic heterocycles. The van der Waals surface area contributed by atoms with Gasteiger partial charge in [-0.1, -0.05) is 6.07 Å². The van der Waals surface area contributed by atoms with E-state index in [0.29, 0.717) is 24.2 Å². The minimum Gasteiger partial charge on any atom is -0.465 e. The summed E-state index contributed by atoms with van der Waals surface area (Å²) >= 11 is 0. The number of fused-ring (bicyclic) bond motifs is 1. The van der Waals surface area contributed by atoms with Crippen molar-refractivity contribution >= 4 is 17.6 Å². The number of hydrogen-bond acceptors (Lipinski definition) is 4. The molecule has 1 saturated heterocycles. The number of nitrogens with zero attached hydrogens (tertiary/aromatic N) is 4. The third kappa shape index (κ3) is 4.73. The standard InChI is InChI=1S/C29H41N5O3/c1-28(2,3)34(27(36)37)23-7-8-32(17-23)15-22-16-33-24(5-4-6-25(33)31-22)26(35)30-18-29-12-19-9-20(13-29)11-21(10-19)14-29/h4-6,16,19-21,23H,7-15,17-18H2,1-3H3,(H,30,35)(H,36,37)/t19?,20?,21?,23-,29?/m1/s1. The second-order valence-corrected chi connectivity index (χ2v) is 13.5. The monoisotopic (exact) mass is 507 g/mol. The van der Waals surface area contributed by atoms with Gasteiger partial charge in [0.1, 0.15) is 11.3 Å². The van der Waals surface area contributed by atoms with Crippen molar-refractivity contribution in [3.63, 3.8) is 0 Å². The van der Waals surface area contributed by atoms with Crippen LogP contribution in [0.25, 0.3) is 5.65 Å². The van der Waals surface area contributed by atoms with Gasteiger partial charge in [-0.25, -0.2) is 9.78 Å². The number of nitrogens with one attached hydrogen (secondary N) is 1. The Morgan fingerprint density at radius 1 is 1.14 bits per heavy atom. The van der Waals surface area contributed by atoms with E-state index in [1.165, 1.54) is 38.5 Å². The fourth-order valence-corrected chi connectivity index (χ4v) is 8.57.